The van der Waals surface area contributed by atoms with E-state index in [0.29, 0.717) is 66.1 Å². The van der Waals surface area contributed by atoms with Crippen molar-refractivity contribution in [3.63, 3.8) is 0 Å². The van der Waals surface area contributed by atoms with Gasteiger partial charge in [-0.05, 0) is 19.1 Å². The van der Waals surface area contributed by atoms with Gasteiger partial charge in [0, 0.05) is 49.6 Å². The largest absolute Gasteiger partial charge is 0.477 e. The van der Waals surface area contributed by atoms with Crippen LogP contribution in [-0.2, 0) is 11.8 Å². The molecule has 38 heavy (non-hydrogen) atoms. The summed E-state index contributed by atoms with van der Waals surface area (Å²) in [5.74, 6) is 1.87. The lowest BCUT2D eigenvalue weighted by atomic mass is 10.1. The lowest BCUT2D eigenvalue weighted by Gasteiger charge is -2.18. The summed E-state index contributed by atoms with van der Waals surface area (Å²) in [6.45, 7) is 3.74. The van der Waals surface area contributed by atoms with Gasteiger partial charge in [0.1, 0.15) is 22.6 Å². The predicted molar refractivity (Wildman–Crippen MR) is 142 cm³/mol. The maximum absolute atomic E-state index is 6.21. The fourth-order valence-corrected chi connectivity index (χ4v) is 4.13. The van der Waals surface area contributed by atoms with Gasteiger partial charge in [0.25, 0.3) is 0 Å². The molecule has 13 heteroatoms. The van der Waals surface area contributed by atoms with Gasteiger partial charge >= 0.3 is 0 Å². The SMILES string of the molecule is C[C@@H](CCOc1c(-c2nccc(N)n2)cnn1C)Nc1cc(Cl)ncc1-c1cnc(OC2CCOC2)cn1. The fraction of sp³-hybridized carbons (Fsp3) is 0.360. The molecule has 0 amide bonds. The van der Waals surface area contributed by atoms with Gasteiger partial charge in [-0.15, -0.1) is 0 Å². The Hall–Kier alpha value is -4.03. The van der Waals surface area contributed by atoms with Gasteiger partial charge in [0.05, 0.1) is 44.1 Å². The zero-order valence-electron chi connectivity index (χ0n) is 21.0. The molecule has 198 valence electrons. The van der Waals surface area contributed by atoms with Gasteiger partial charge in [0.2, 0.25) is 11.8 Å². The van der Waals surface area contributed by atoms with E-state index < -0.39 is 0 Å². The van der Waals surface area contributed by atoms with Gasteiger partial charge in [-0.3, -0.25) is 0 Å². The highest BCUT2D eigenvalue weighted by Crippen LogP contribution is 2.30. The zero-order chi connectivity index (χ0) is 26.5. The average Bonchev–Trinajstić information content (AvgIpc) is 3.55. The van der Waals surface area contributed by atoms with E-state index in [1.165, 1.54) is 0 Å². The number of hydrogen-bond acceptors (Lipinski definition) is 11. The monoisotopic (exact) mass is 537 g/mol. The number of nitrogens with one attached hydrogen (secondary N) is 1. The first-order valence-corrected chi connectivity index (χ1v) is 12.6. The Morgan fingerprint density at radius 2 is 2.08 bits per heavy atom. The van der Waals surface area contributed by atoms with E-state index in [9.17, 15) is 0 Å². The molecule has 1 unspecified atom stereocenters. The standard InChI is InChI=1S/C25H28ClN9O3/c1-15(4-8-37-25-18(11-32-35(25)2)24-28-6-3-22(27)34-24)33-19-9-21(26)30-10-17(19)20-12-31-23(13-29-20)38-16-5-7-36-14-16/h3,6,9-13,15-16H,4-5,7-8,14H2,1-2H3,(H,30,33)(H2,27,28,34)/t15-,16?/m0/s1. The minimum absolute atomic E-state index is 0.00780. The first-order valence-electron chi connectivity index (χ1n) is 12.2. The van der Waals surface area contributed by atoms with Crippen LogP contribution < -0.4 is 20.5 Å². The molecule has 5 heterocycles. The van der Waals surface area contributed by atoms with Gasteiger partial charge in [-0.2, -0.15) is 5.10 Å². The molecule has 0 aromatic carbocycles. The van der Waals surface area contributed by atoms with E-state index >= 15 is 0 Å². The molecule has 2 atom stereocenters. The number of aromatic nitrogens is 7. The van der Waals surface area contributed by atoms with Crippen LogP contribution >= 0.6 is 11.6 Å². The van der Waals surface area contributed by atoms with Crippen molar-refractivity contribution in [3.05, 3.63) is 48.3 Å². The molecule has 0 saturated carbocycles. The molecule has 1 fully saturated rings. The number of halogens is 1. The van der Waals surface area contributed by atoms with Crippen LogP contribution in [0.2, 0.25) is 5.15 Å². The quantitative estimate of drug-likeness (QED) is 0.287. The van der Waals surface area contributed by atoms with Crippen LogP contribution in [0.5, 0.6) is 11.8 Å². The highest BCUT2D eigenvalue weighted by Gasteiger charge is 2.19. The predicted octanol–water partition coefficient (Wildman–Crippen LogP) is 3.40. The molecule has 3 N–H and O–H groups in total. The summed E-state index contributed by atoms with van der Waals surface area (Å²) in [5, 5.41) is 8.14. The van der Waals surface area contributed by atoms with Crippen LogP contribution in [0.4, 0.5) is 11.5 Å². The fourth-order valence-electron chi connectivity index (χ4n) is 3.97. The van der Waals surface area contributed by atoms with Crippen LogP contribution in [0.1, 0.15) is 19.8 Å². The second kappa shape index (κ2) is 11.6. The van der Waals surface area contributed by atoms with Crippen molar-refractivity contribution < 1.29 is 14.2 Å². The summed E-state index contributed by atoms with van der Waals surface area (Å²) in [6, 6.07) is 3.44. The van der Waals surface area contributed by atoms with Crippen molar-refractivity contribution in [1.82, 2.24) is 34.7 Å². The summed E-state index contributed by atoms with van der Waals surface area (Å²) in [7, 11) is 1.80. The van der Waals surface area contributed by atoms with Crippen LogP contribution in [0, 0.1) is 0 Å². The van der Waals surface area contributed by atoms with Crippen molar-refractivity contribution in [2.45, 2.75) is 31.9 Å². The number of nitrogens with two attached hydrogens (primary N) is 1. The van der Waals surface area contributed by atoms with Crippen LogP contribution in [0.15, 0.2) is 43.1 Å². The Morgan fingerprint density at radius 3 is 2.84 bits per heavy atom. The molecule has 5 rings (SSSR count). The molecule has 12 nitrogen and oxygen atoms in total. The Balaban J connectivity index is 1.23. The van der Waals surface area contributed by atoms with E-state index in [2.05, 4.69) is 42.3 Å². The Labute approximate surface area is 224 Å². The smallest absolute Gasteiger partial charge is 0.232 e. The molecule has 0 spiro atoms. The van der Waals surface area contributed by atoms with E-state index in [1.54, 1.807) is 54.8 Å². The number of rotatable bonds is 10. The molecule has 4 aromatic rings. The van der Waals surface area contributed by atoms with E-state index in [4.69, 9.17) is 31.5 Å². The number of anilines is 2. The average molecular weight is 538 g/mol. The second-order valence-corrected chi connectivity index (χ2v) is 9.26. The molecule has 0 radical (unpaired) electrons. The van der Waals surface area contributed by atoms with Crippen LogP contribution in [0.3, 0.4) is 0 Å². The highest BCUT2D eigenvalue weighted by molar-refractivity contribution is 6.29. The maximum Gasteiger partial charge on any atom is 0.232 e. The number of aryl methyl sites for hydroxylation is 1. The van der Waals surface area contributed by atoms with Crippen molar-refractivity contribution in [2.75, 3.05) is 30.9 Å². The van der Waals surface area contributed by atoms with Crippen molar-refractivity contribution in [1.29, 1.82) is 0 Å². The Bertz CT molecular complexity index is 1380. The second-order valence-electron chi connectivity index (χ2n) is 8.87. The molecule has 1 aliphatic rings. The third kappa shape index (κ3) is 6.09. The van der Waals surface area contributed by atoms with Crippen molar-refractivity contribution in [2.24, 2.45) is 7.05 Å². The lowest BCUT2D eigenvalue weighted by Crippen LogP contribution is -2.19. The van der Waals surface area contributed by atoms with Gasteiger partial charge in [-0.25, -0.2) is 29.6 Å². The van der Waals surface area contributed by atoms with Gasteiger partial charge in [-0.1, -0.05) is 11.6 Å². The normalized spacial score (nSPS) is 15.8. The molecule has 0 bridgehead atoms. The first kappa shape index (κ1) is 25.6. The summed E-state index contributed by atoms with van der Waals surface area (Å²) in [4.78, 5) is 21.7. The number of nitrogen functional groups attached to an aromatic ring is 1. The van der Waals surface area contributed by atoms with Crippen LogP contribution in [-0.4, -0.2) is 66.7 Å². The highest BCUT2D eigenvalue weighted by atomic mass is 35.5. The maximum atomic E-state index is 6.21. The van der Waals surface area contributed by atoms with Crippen molar-refractivity contribution >= 4 is 23.1 Å². The van der Waals surface area contributed by atoms with Gasteiger partial charge in [0.15, 0.2) is 5.82 Å². The Kier molecular flexibility index (Phi) is 7.80. The van der Waals surface area contributed by atoms with E-state index in [1.807, 2.05) is 0 Å². The summed E-state index contributed by atoms with van der Waals surface area (Å²) >= 11 is 6.21. The van der Waals surface area contributed by atoms with E-state index in [-0.39, 0.29) is 12.1 Å². The third-order valence-electron chi connectivity index (χ3n) is 5.94. The first-order chi connectivity index (χ1) is 18.5. The summed E-state index contributed by atoms with van der Waals surface area (Å²) < 4.78 is 18.9. The summed E-state index contributed by atoms with van der Waals surface area (Å²) in [5.41, 5.74) is 8.70. The number of hydrogen-bond donors (Lipinski definition) is 2. The van der Waals surface area contributed by atoms with Crippen LogP contribution in [0.25, 0.3) is 22.6 Å². The Morgan fingerprint density at radius 1 is 1.18 bits per heavy atom. The minimum atomic E-state index is 0.00780. The molecule has 4 aromatic heterocycles. The van der Waals surface area contributed by atoms with Crippen molar-refractivity contribution in [3.8, 4) is 34.4 Å². The molecular weight excluding hydrogens is 510 g/mol. The molecule has 1 saturated heterocycles. The topological polar surface area (TPSA) is 148 Å². The number of pyridine rings is 1. The van der Waals surface area contributed by atoms with E-state index in [0.717, 1.165) is 17.7 Å². The summed E-state index contributed by atoms with van der Waals surface area (Å²) in [6.07, 6.45) is 9.75. The molecule has 1 aliphatic heterocycles. The number of ether oxygens (including phenoxy) is 3. The molecule has 0 aliphatic carbocycles. The number of nitrogens with zero attached hydrogens (tertiary/aromatic N) is 7. The lowest BCUT2D eigenvalue weighted by molar-refractivity contribution is 0.137. The van der Waals surface area contributed by atoms with Gasteiger partial charge < -0.3 is 25.3 Å². The zero-order valence-corrected chi connectivity index (χ0v) is 21.8. The minimum Gasteiger partial charge on any atom is -0.477 e. The molecular formula is C25H28ClN9O3. The third-order valence-corrected chi connectivity index (χ3v) is 6.15.